The maximum absolute atomic E-state index is 9.88. The normalized spacial score (nSPS) is 28.8. The maximum Gasteiger partial charge on any atom is 0.121 e. The molecule has 2 atom stereocenters. The highest BCUT2D eigenvalue weighted by atomic mass is 35.5. The number of halogens is 1. The second kappa shape index (κ2) is 4.72. The summed E-state index contributed by atoms with van der Waals surface area (Å²) >= 11 is 5.85. The lowest BCUT2D eigenvalue weighted by atomic mass is 10.0. The highest BCUT2D eigenvalue weighted by Gasteiger charge is 2.38. The van der Waals surface area contributed by atoms with Gasteiger partial charge in [0.25, 0.3) is 0 Å². The van der Waals surface area contributed by atoms with Crippen molar-refractivity contribution in [3.05, 3.63) is 28.8 Å². The lowest BCUT2D eigenvalue weighted by Crippen LogP contribution is -2.26. The van der Waals surface area contributed by atoms with E-state index in [1.54, 1.807) is 6.07 Å². The number of hydrogen-bond acceptors (Lipinski definition) is 3. The van der Waals surface area contributed by atoms with Crippen LogP contribution in [0.5, 0.6) is 5.75 Å². The molecule has 0 amide bonds. The van der Waals surface area contributed by atoms with Gasteiger partial charge in [-0.1, -0.05) is 17.7 Å². The van der Waals surface area contributed by atoms with Crippen molar-refractivity contribution in [2.75, 3.05) is 33.2 Å². The number of aromatic hydroxyl groups is 1. The fraction of sp³-hybridized carbons (Fsp3) is 0.571. The smallest absolute Gasteiger partial charge is 0.121 e. The Morgan fingerprint density at radius 1 is 1.22 bits per heavy atom. The predicted molar refractivity (Wildman–Crippen MR) is 72.9 cm³/mol. The zero-order chi connectivity index (χ0) is 12.7. The van der Waals surface area contributed by atoms with Crippen molar-refractivity contribution in [1.29, 1.82) is 0 Å². The number of benzene rings is 1. The number of nitrogens with zero attached hydrogens (tertiary/aromatic N) is 2. The van der Waals surface area contributed by atoms with Crippen molar-refractivity contribution in [2.24, 2.45) is 11.8 Å². The summed E-state index contributed by atoms with van der Waals surface area (Å²) in [6.07, 6.45) is 0. The van der Waals surface area contributed by atoms with Crippen LogP contribution in [0, 0.1) is 11.8 Å². The molecule has 1 N–H and O–H groups in total. The molecule has 4 heteroatoms. The Bertz CT molecular complexity index is 437. The van der Waals surface area contributed by atoms with E-state index in [1.807, 2.05) is 12.1 Å². The van der Waals surface area contributed by atoms with Gasteiger partial charge in [-0.05, 0) is 31.0 Å². The van der Waals surface area contributed by atoms with Crippen LogP contribution in [0.1, 0.15) is 5.56 Å². The van der Waals surface area contributed by atoms with Crippen molar-refractivity contribution >= 4 is 11.6 Å². The van der Waals surface area contributed by atoms with Crippen molar-refractivity contribution < 1.29 is 5.11 Å². The van der Waals surface area contributed by atoms with Crippen LogP contribution in [0.4, 0.5) is 0 Å². The van der Waals surface area contributed by atoms with E-state index >= 15 is 0 Å². The molecular formula is C14H19ClN2O. The quantitative estimate of drug-likeness (QED) is 0.888. The van der Waals surface area contributed by atoms with Gasteiger partial charge in [-0.15, -0.1) is 0 Å². The standard InChI is InChI=1S/C14H19ClN2O/c1-16-5-11-8-17(9-12(11)6-16)7-10-2-3-13(15)4-14(10)18/h2-4,11-12,18H,5-9H2,1H3/t11-,12+. The summed E-state index contributed by atoms with van der Waals surface area (Å²) in [4.78, 5) is 4.87. The van der Waals surface area contributed by atoms with Gasteiger partial charge in [0.15, 0.2) is 0 Å². The minimum Gasteiger partial charge on any atom is -0.508 e. The number of likely N-dealkylation sites (tertiary alicyclic amines) is 2. The van der Waals surface area contributed by atoms with Crippen LogP contribution in [-0.4, -0.2) is 48.1 Å². The van der Waals surface area contributed by atoms with Crippen molar-refractivity contribution in [3.63, 3.8) is 0 Å². The third-order valence-corrected chi connectivity index (χ3v) is 4.42. The van der Waals surface area contributed by atoms with E-state index in [9.17, 15) is 5.11 Å². The van der Waals surface area contributed by atoms with E-state index < -0.39 is 0 Å². The van der Waals surface area contributed by atoms with Crippen molar-refractivity contribution in [1.82, 2.24) is 9.80 Å². The Morgan fingerprint density at radius 2 is 1.89 bits per heavy atom. The number of phenolic OH excluding ortho intramolecular Hbond substituents is 1. The summed E-state index contributed by atoms with van der Waals surface area (Å²) in [5.41, 5.74) is 0.979. The van der Waals surface area contributed by atoms with Crippen LogP contribution >= 0.6 is 11.6 Å². The molecule has 2 aliphatic rings. The summed E-state index contributed by atoms with van der Waals surface area (Å²) in [5.74, 6) is 1.94. The molecule has 2 aliphatic heterocycles. The first-order chi connectivity index (χ1) is 8.61. The van der Waals surface area contributed by atoms with Gasteiger partial charge in [0.2, 0.25) is 0 Å². The SMILES string of the molecule is CN1C[C@@H]2CN(Cc3ccc(Cl)cc3O)C[C@@H]2C1. The lowest BCUT2D eigenvalue weighted by Gasteiger charge is -2.19. The van der Waals surface area contributed by atoms with E-state index in [0.29, 0.717) is 10.8 Å². The van der Waals surface area contributed by atoms with Crippen LogP contribution in [0.2, 0.25) is 5.02 Å². The maximum atomic E-state index is 9.88. The van der Waals surface area contributed by atoms with Gasteiger partial charge in [-0.2, -0.15) is 0 Å². The third-order valence-electron chi connectivity index (χ3n) is 4.19. The highest BCUT2D eigenvalue weighted by molar-refractivity contribution is 6.30. The van der Waals surface area contributed by atoms with E-state index in [1.165, 1.54) is 13.1 Å². The minimum atomic E-state index is 0.316. The van der Waals surface area contributed by atoms with Gasteiger partial charge in [-0.3, -0.25) is 4.90 Å². The average molecular weight is 267 g/mol. The molecule has 1 aromatic carbocycles. The first kappa shape index (κ1) is 12.3. The van der Waals surface area contributed by atoms with Crippen LogP contribution < -0.4 is 0 Å². The molecule has 0 saturated carbocycles. The molecule has 3 rings (SSSR count). The number of hydrogen-bond donors (Lipinski definition) is 1. The first-order valence-electron chi connectivity index (χ1n) is 6.50. The Hall–Kier alpha value is -0.770. The Morgan fingerprint density at radius 3 is 2.50 bits per heavy atom. The fourth-order valence-corrected chi connectivity index (χ4v) is 3.53. The van der Waals surface area contributed by atoms with Crippen molar-refractivity contribution in [3.8, 4) is 5.75 Å². The summed E-state index contributed by atoms with van der Waals surface area (Å²) in [6.45, 7) is 5.56. The minimum absolute atomic E-state index is 0.316. The summed E-state index contributed by atoms with van der Waals surface area (Å²) < 4.78 is 0. The van der Waals surface area contributed by atoms with Crippen molar-refractivity contribution in [2.45, 2.75) is 6.54 Å². The van der Waals surface area contributed by atoms with Crippen LogP contribution in [-0.2, 0) is 6.54 Å². The van der Waals surface area contributed by atoms with E-state index in [2.05, 4.69) is 16.8 Å². The molecule has 2 fully saturated rings. The predicted octanol–water partition coefficient (Wildman–Crippen LogP) is 2.04. The highest BCUT2D eigenvalue weighted by Crippen LogP contribution is 2.32. The molecule has 2 heterocycles. The zero-order valence-corrected chi connectivity index (χ0v) is 11.4. The Kier molecular flexibility index (Phi) is 3.22. The molecule has 3 nitrogen and oxygen atoms in total. The molecule has 98 valence electrons. The third kappa shape index (κ3) is 2.35. The van der Waals surface area contributed by atoms with Crippen LogP contribution in [0.25, 0.3) is 0 Å². The topological polar surface area (TPSA) is 26.7 Å². The van der Waals surface area contributed by atoms with Gasteiger partial charge in [0.1, 0.15) is 5.75 Å². The molecule has 0 aromatic heterocycles. The second-order valence-corrected chi connectivity index (χ2v) is 6.14. The largest absolute Gasteiger partial charge is 0.508 e. The molecule has 2 saturated heterocycles. The number of phenols is 1. The van der Waals surface area contributed by atoms with Gasteiger partial charge < -0.3 is 10.0 Å². The van der Waals surface area contributed by atoms with E-state index in [0.717, 1.165) is 37.0 Å². The summed E-state index contributed by atoms with van der Waals surface area (Å²) in [5, 5.41) is 10.5. The van der Waals surface area contributed by atoms with Gasteiger partial charge in [0.05, 0.1) is 0 Å². The molecule has 0 unspecified atom stereocenters. The molecule has 18 heavy (non-hydrogen) atoms. The molecule has 0 bridgehead atoms. The number of rotatable bonds is 2. The van der Waals surface area contributed by atoms with E-state index in [4.69, 9.17) is 11.6 Å². The number of fused-ring (bicyclic) bond motifs is 1. The van der Waals surface area contributed by atoms with Gasteiger partial charge in [0, 0.05) is 43.3 Å². The van der Waals surface area contributed by atoms with E-state index in [-0.39, 0.29) is 0 Å². The second-order valence-electron chi connectivity index (χ2n) is 5.71. The summed E-state index contributed by atoms with van der Waals surface area (Å²) in [6, 6.07) is 5.40. The van der Waals surface area contributed by atoms with Gasteiger partial charge in [-0.25, -0.2) is 0 Å². The molecular weight excluding hydrogens is 248 g/mol. The zero-order valence-electron chi connectivity index (χ0n) is 10.6. The Labute approximate surface area is 113 Å². The monoisotopic (exact) mass is 266 g/mol. The molecule has 0 spiro atoms. The fourth-order valence-electron chi connectivity index (χ4n) is 3.37. The van der Waals surface area contributed by atoms with Gasteiger partial charge >= 0.3 is 0 Å². The first-order valence-corrected chi connectivity index (χ1v) is 6.88. The molecule has 0 radical (unpaired) electrons. The molecule has 1 aromatic rings. The average Bonchev–Trinajstić information content (AvgIpc) is 2.79. The lowest BCUT2D eigenvalue weighted by molar-refractivity contribution is 0.269. The van der Waals surface area contributed by atoms with Crippen LogP contribution in [0.15, 0.2) is 18.2 Å². The van der Waals surface area contributed by atoms with Crippen LogP contribution in [0.3, 0.4) is 0 Å². The molecule has 0 aliphatic carbocycles. The summed E-state index contributed by atoms with van der Waals surface area (Å²) in [7, 11) is 2.20. The Balaban J connectivity index is 1.65.